The molecule has 100 valence electrons. The van der Waals surface area contributed by atoms with Crippen LogP contribution in [0.4, 0.5) is 0 Å². The van der Waals surface area contributed by atoms with Crippen LogP contribution in [0.1, 0.15) is 23.2 Å². The predicted molar refractivity (Wildman–Crippen MR) is 69.3 cm³/mol. The lowest BCUT2D eigenvalue weighted by molar-refractivity contribution is -0.0355. The fraction of sp³-hybridized carbons (Fsp3) is 0.462. The molecule has 0 saturated carbocycles. The number of hydrogen-bond acceptors (Lipinski definition) is 5. The van der Waals surface area contributed by atoms with Crippen molar-refractivity contribution in [3.8, 4) is 0 Å². The van der Waals surface area contributed by atoms with E-state index >= 15 is 0 Å². The lowest BCUT2D eigenvalue weighted by atomic mass is 10.2. The normalized spacial score (nSPS) is 20.6. The molecule has 0 spiro atoms. The lowest BCUT2D eigenvalue weighted by Gasteiger charge is -2.32. The van der Waals surface area contributed by atoms with E-state index in [9.17, 15) is 0 Å². The Hall–Kier alpha value is -1.79. The van der Waals surface area contributed by atoms with Crippen LogP contribution < -0.4 is 0 Å². The highest BCUT2D eigenvalue weighted by Crippen LogP contribution is 2.20. The lowest BCUT2D eigenvalue weighted by Crippen LogP contribution is -2.38. The monoisotopic (exact) mass is 259 g/mol. The Bertz CT molecular complexity index is 510. The first kappa shape index (κ1) is 12.3. The molecular formula is C13H17N5O. The molecule has 2 aromatic heterocycles. The molecule has 1 saturated heterocycles. The minimum Gasteiger partial charge on any atom is -0.369 e. The van der Waals surface area contributed by atoms with Gasteiger partial charge in [0.15, 0.2) is 0 Å². The zero-order valence-corrected chi connectivity index (χ0v) is 10.9. The number of H-pyrrole nitrogens is 1. The molecule has 3 heterocycles. The molecule has 2 aromatic rings. The number of morpholine rings is 1. The number of hydrogen-bond donors (Lipinski definition) is 1. The van der Waals surface area contributed by atoms with Crippen LogP contribution in [-0.2, 0) is 11.3 Å². The van der Waals surface area contributed by atoms with Gasteiger partial charge in [-0.25, -0.2) is 4.98 Å². The standard InChI is InChI=1S/C13H17N5O/c1-10-4-16-12(6-15-10)13-8-18(2-3-19-13)7-11-5-14-9-17-11/h4-6,9,13H,2-3,7-8H2,1H3,(H,14,17)/t13-/m0/s1. The van der Waals surface area contributed by atoms with Crippen molar-refractivity contribution in [3.05, 3.63) is 42.0 Å². The van der Waals surface area contributed by atoms with Gasteiger partial charge in [-0.3, -0.25) is 14.9 Å². The highest BCUT2D eigenvalue weighted by molar-refractivity contribution is 5.06. The zero-order valence-electron chi connectivity index (χ0n) is 10.9. The van der Waals surface area contributed by atoms with Crippen LogP contribution in [0.5, 0.6) is 0 Å². The van der Waals surface area contributed by atoms with Crippen LogP contribution in [0, 0.1) is 6.92 Å². The van der Waals surface area contributed by atoms with Gasteiger partial charge in [0.25, 0.3) is 0 Å². The molecular weight excluding hydrogens is 242 g/mol. The molecule has 19 heavy (non-hydrogen) atoms. The Kier molecular flexibility index (Phi) is 3.52. The Morgan fingerprint density at radius 3 is 3.05 bits per heavy atom. The molecule has 6 nitrogen and oxygen atoms in total. The molecule has 1 atom stereocenters. The second-order valence-corrected chi connectivity index (χ2v) is 4.75. The predicted octanol–water partition coefficient (Wildman–Crippen LogP) is 1.08. The fourth-order valence-electron chi connectivity index (χ4n) is 2.21. The zero-order chi connectivity index (χ0) is 13.1. The van der Waals surface area contributed by atoms with Gasteiger partial charge in [-0.2, -0.15) is 0 Å². The molecule has 0 amide bonds. The molecule has 6 heteroatoms. The maximum absolute atomic E-state index is 5.78. The van der Waals surface area contributed by atoms with E-state index in [-0.39, 0.29) is 6.10 Å². The van der Waals surface area contributed by atoms with Crippen molar-refractivity contribution in [1.29, 1.82) is 0 Å². The summed E-state index contributed by atoms with van der Waals surface area (Å²) in [6.07, 6.45) is 7.16. The Morgan fingerprint density at radius 1 is 1.37 bits per heavy atom. The molecule has 0 radical (unpaired) electrons. The first-order valence-corrected chi connectivity index (χ1v) is 6.41. The summed E-state index contributed by atoms with van der Waals surface area (Å²) < 4.78 is 5.78. The van der Waals surface area contributed by atoms with Crippen molar-refractivity contribution in [2.75, 3.05) is 19.7 Å². The number of nitrogens with zero attached hydrogens (tertiary/aromatic N) is 4. The number of ether oxygens (including phenoxy) is 1. The van der Waals surface area contributed by atoms with Gasteiger partial charge in [0, 0.05) is 37.7 Å². The van der Waals surface area contributed by atoms with Crippen LogP contribution in [-0.4, -0.2) is 44.5 Å². The third kappa shape index (κ3) is 2.97. The molecule has 0 aliphatic carbocycles. The van der Waals surface area contributed by atoms with Gasteiger partial charge in [0.05, 0.1) is 30.5 Å². The first-order chi connectivity index (χ1) is 9.31. The summed E-state index contributed by atoms with van der Waals surface area (Å²) in [5.41, 5.74) is 2.95. The Labute approximate surface area is 111 Å². The van der Waals surface area contributed by atoms with Crippen molar-refractivity contribution in [3.63, 3.8) is 0 Å². The number of rotatable bonds is 3. The highest BCUT2D eigenvalue weighted by atomic mass is 16.5. The second kappa shape index (κ2) is 5.46. The van der Waals surface area contributed by atoms with E-state index in [1.54, 1.807) is 18.7 Å². The number of nitrogens with one attached hydrogen (secondary N) is 1. The van der Waals surface area contributed by atoms with Crippen molar-refractivity contribution < 1.29 is 4.74 Å². The van der Waals surface area contributed by atoms with Gasteiger partial charge in [-0.1, -0.05) is 0 Å². The van der Waals surface area contributed by atoms with Crippen LogP contribution in [0.3, 0.4) is 0 Å². The quantitative estimate of drug-likeness (QED) is 0.893. The number of aromatic amines is 1. The van der Waals surface area contributed by atoms with Crippen LogP contribution in [0.15, 0.2) is 24.9 Å². The molecule has 0 unspecified atom stereocenters. The molecule has 1 aliphatic heterocycles. The van der Waals surface area contributed by atoms with Crippen molar-refractivity contribution in [2.24, 2.45) is 0 Å². The number of aryl methyl sites for hydroxylation is 1. The maximum Gasteiger partial charge on any atom is 0.114 e. The van der Waals surface area contributed by atoms with E-state index in [2.05, 4.69) is 24.8 Å². The molecule has 0 bridgehead atoms. The van der Waals surface area contributed by atoms with Gasteiger partial charge >= 0.3 is 0 Å². The minimum absolute atomic E-state index is 0.00442. The average molecular weight is 259 g/mol. The number of aromatic nitrogens is 4. The molecule has 1 aliphatic rings. The summed E-state index contributed by atoms with van der Waals surface area (Å²) in [6.45, 7) is 5.27. The topological polar surface area (TPSA) is 66.9 Å². The van der Waals surface area contributed by atoms with Gasteiger partial charge < -0.3 is 9.72 Å². The average Bonchev–Trinajstić information content (AvgIpc) is 2.93. The van der Waals surface area contributed by atoms with Crippen molar-refractivity contribution in [1.82, 2.24) is 24.8 Å². The largest absolute Gasteiger partial charge is 0.369 e. The fourth-order valence-corrected chi connectivity index (χ4v) is 2.21. The summed E-state index contributed by atoms with van der Waals surface area (Å²) in [5, 5.41) is 0. The van der Waals surface area contributed by atoms with Crippen LogP contribution in [0.2, 0.25) is 0 Å². The van der Waals surface area contributed by atoms with E-state index in [0.717, 1.165) is 36.7 Å². The Morgan fingerprint density at radius 2 is 2.32 bits per heavy atom. The van der Waals surface area contributed by atoms with E-state index in [1.807, 2.05) is 13.1 Å². The minimum atomic E-state index is 0.00442. The summed E-state index contributed by atoms with van der Waals surface area (Å²) in [7, 11) is 0. The highest BCUT2D eigenvalue weighted by Gasteiger charge is 2.23. The summed E-state index contributed by atoms with van der Waals surface area (Å²) >= 11 is 0. The Balaban J connectivity index is 1.66. The van der Waals surface area contributed by atoms with E-state index in [0.29, 0.717) is 6.61 Å². The molecule has 1 N–H and O–H groups in total. The molecule has 0 aromatic carbocycles. The summed E-state index contributed by atoms with van der Waals surface area (Å²) in [5.74, 6) is 0. The third-order valence-electron chi connectivity index (χ3n) is 3.23. The van der Waals surface area contributed by atoms with Crippen molar-refractivity contribution >= 4 is 0 Å². The summed E-state index contributed by atoms with van der Waals surface area (Å²) in [6, 6.07) is 0. The summed E-state index contributed by atoms with van der Waals surface area (Å²) in [4.78, 5) is 18.2. The van der Waals surface area contributed by atoms with Crippen molar-refractivity contribution in [2.45, 2.75) is 19.6 Å². The maximum atomic E-state index is 5.78. The SMILES string of the molecule is Cc1cnc([C@@H]2CN(Cc3cnc[nH]3)CCO2)cn1. The third-order valence-corrected chi connectivity index (χ3v) is 3.23. The number of imidazole rings is 1. The van der Waals surface area contributed by atoms with Gasteiger partial charge in [-0.05, 0) is 6.92 Å². The van der Waals surface area contributed by atoms with E-state index in [4.69, 9.17) is 4.74 Å². The van der Waals surface area contributed by atoms with Gasteiger partial charge in [-0.15, -0.1) is 0 Å². The van der Waals surface area contributed by atoms with Crippen LogP contribution >= 0.6 is 0 Å². The van der Waals surface area contributed by atoms with Crippen LogP contribution in [0.25, 0.3) is 0 Å². The van der Waals surface area contributed by atoms with E-state index < -0.39 is 0 Å². The first-order valence-electron chi connectivity index (χ1n) is 6.41. The molecule has 3 rings (SSSR count). The molecule has 1 fully saturated rings. The van der Waals surface area contributed by atoms with Gasteiger partial charge in [0.2, 0.25) is 0 Å². The van der Waals surface area contributed by atoms with E-state index in [1.165, 1.54) is 0 Å². The second-order valence-electron chi connectivity index (χ2n) is 4.75. The van der Waals surface area contributed by atoms with Gasteiger partial charge in [0.1, 0.15) is 6.10 Å². The smallest absolute Gasteiger partial charge is 0.114 e.